The molecule has 1 fully saturated rings. The summed E-state index contributed by atoms with van der Waals surface area (Å²) in [5, 5.41) is 31.4. The van der Waals surface area contributed by atoms with E-state index < -0.39 is 67.3 Å². The van der Waals surface area contributed by atoms with Crippen LogP contribution in [-0.4, -0.2) is 89.2 Å². The Hall–Kier alpha value is -5.40. The molecule has 1 heterocycles. The Morgan fingerprint density at radius 3 is 1.27 bits per heavy atom. The minimum absolute atomic E-state index is 0.0889. The molecule has 77 heavy (non-hydrogen) atoms. The summed E-state index contributed by atoms with van der Waals surface area (Å²) in [6.07, 6.45) is 61.3. The molecule has 0 amide bonds. The van der Waals surface area contributed by atoms with Gasteiger partial charge in [0.15, 0.2) is 24.6 Å². The number of unbranched alkanes of at least 4 members (excludes halogenated alkanes) is 9. The molecule has 0 aromatic rings. The van der Waals surface area contributed by atoms with Crippen LogP contribution in [0.3, 0.4) is 0 Å². The lowest BCUT2D eigenvalue weighted by Crippen LogP contribution is -2.61. The van der Waals surface area contributed by atoms with Crippen LogP contribution in [0.2, 0.25) is 0 Å². The predicted molar refractivity (Wildman–Crippen MR) is 312 cm³/mol. The highest BCUT2D eigenvalue weighted by molar-refractivity contribution is 5.74. The van der Waals surface area contributed by atoms with Crippen molar-refractivity contribution in [1.82, 2.24) is 0 Å². The lowest BCUT2D eigenvalue weighted by Gasteiger charge is -2.40. The summed E-state index contributed by atoms with van der Waals surface area (Å²) in [5.74, 6) is -3.38. The average Bonchev–Trinajstić information content (AvgIpc) is 3.43. The lowest BCUT2D eigenvalue weighted by molar-refractivity contribution is -0.301. The highest BCUT2D eigenvalue weighted by Crippen LogP contribution is 2.26. The zero-order chi connectivity index (χ0) is 56.1. The zero-order valence-corrected chi connectivity index (χ0v) is 47.1. The Kier molecular flexibility index (Phi) is 46.4. The maximum absolute atomic E-state index is 13.1. The van der Waals surface area contributed by atoms with Crippen LogP contribution >= 0.6 is 0 Å². The number of aliphatic hydroxyl groups is 2. The van der Waals surface area contributed by atoms with Crippen LogP contribution in [0, 0.1) is 0 Å². The van der Waals surface area contributed by atoms with E-state index in [4.69, 9.17) is 23.7 Å². The first-order chi connectivity index (χ1) is 37.6. The number of esters is 3. The van der Waals surface area contributed by atoms with E-state index in [1.165, 1.54) is 0 Å². The second-order valence-electron chi connectivity index (χ2n) is 18.8. The number of allylic oxidation sites excluding steroid dienone is 23. The highest BCUT2D eigenvalue weighted by Gasteiger charge is 2.50. The SMILES string of the molecule is CC/C=C\C/C=C\C/C=C\C/C=C\C/C=C\CC(=O)OC1C(OCC(COC(=O)CCCCCCCCC/C=C\C/C=C\C/C=C\CC)OC(=O)CCCC/C=C\C/C=C\C/C=C\C/C=C\CC)OC(C(=O)O)C(O)C1O. The fraction of sp³-hybridized carbons (Fsp3) is 0.569. The molecule has 0 aromatic heterocycles. The largest absolute Gasteiger partial charge is 0.479 e. The van der Waals surface area contributed by atoms with Gasteiger partial charge in [0.25, 0.3) is 0 Å². The van der Waals surface area contributed by atoms with Crippen molar-refractivity contribution in [2.45, 2.75) is 225 Å². The molecular weight excluding hydrogens is 973 g/mol. The number of carbonyl (C=O) groups excluding carboxylic acids is 3. The number of aliphatic carboxylic acids is 1. The summed E-state index contributed by atoms with van der Waals surface area (Å²) in [6.45, 7) is 5.54. The molecule has 0 aliphatic carbocycles. The summed E-state index contributed by atoms with van der Waals surface area (Å²) in [6, 6.07) is 0. The van der Waals surface area contributed by atoms with Crippen LogP contribution in [0.15, 0.2) is 146 Å². The third kappa shape index (κ3) is 41.4. The van der Waals surface area contributed by atoms with Crippen molar-refractivity contribution in [3.63, 3.8) is 0 Å². The number of hydrogen-bond donors (Lipinski definition) is 3. The van der Waals surface area contributed by atoms with E-state index in [0.717, 1.165) is 128 Å². The molecule has 1 aliphatic heterocycles. The molecule has 0 spiro atoms. The maximum Gasteiger partial charge on any atom is 0.335 e. The van der Waals surface area contributed by atoms with Crippen LogP contribution in [0.1, 0.15) is 188 Å². The fourth-order valence-corrected chi connectivity index (χ4v) is 7.62. The molecule has 0 radical (unpaired) electrons. The van der Waals surface area contributed by atoms with Gasteiger partial charge in [-0.15, -0.1) is 0 Å². The van der Waals surface area contributed by atoms with E-state index in [2.05, 4.69) is 142 Å². The molecule has 0 aromatic carbocycles. The molecule has 0 saturated carbocycles. The first kappa shape index (κ1) is 69.6. The zero-order valence-electron chi connectivity index (χ0n) is 47.1. The van der Waals surface area contributed by atoms with Crippen molar-refractivity contribution in [2.24, 2.45) is 0 Å². The Morgan fingerprint density at radius 2 is 0.818 bits per heavy atom. The van der Waals surface area contributed by atoms with Crippen molar-refractivity contribution >= 4 is 23.9 Å². The highest BCUT2D eigenvalue weighted by atomic mass is 16.7. The van der Waals surface area contributed by atoms with Gasteiger partial charge in [-0.3, -0.25) is 14.4 Å². The van der Waals surface area contributed by atoms with E-state index in [-0.39, 0.29) is 25.9 Å². The second kappa shape index (κ2) is 51.4. The second-order valence-corrected chi connectivity index (χ2v) is 18.8. The van der Waals surface area contributed by atoms with Gasteiger partial charge in [0.05, 0.1) is 13.0 Å². The Balaban J connectivity index is 2.79. The average molecular weight is 1070 g/mol. The van der Waals surface area contributed by atoms with Crippen LogP contribution in [-0.2, 0) is 42.9 Å². The molecule has 430 valence electrons. The molecule has 3 N–H and O–H groups in total. The van der Waals surface area contributed by atoms with Gasteiger partial charge in [-0.05, 0) is 116 Å². The topological polar surface area (TPSA) is 175 Å². The van der Waals surface area contributed by atoms with Crippen LogP contribution in [0.5, 0.6) is 0 Å². The standard InChI is InChI=1S/C65H98O12/c1-4-7-10-13-16-19-22-25-28-29-32-33-36-39-42-45-48-51-57(66)73-54-56(75-58(67)52-49-46-43-40-37-34-30-26-23-20-17-14-11-8-5-2)55-74-65-63(61(70)60(69)62(77-65)64(71)72)76-59(68)53-50-47-44-41-38-35-31-27-24-21-18-15-12-9-6-3/h7-12,16-21,25-28,30-31,37-38,40-41,47,50,56,60-63,65,69-70H,4-6,13-15,22-24,29,32-36,39,42-46,48-49,51-55H2,1-3H3,(H,71,72)/b10-7-,11-8-,12-9-,19-16-,20-17-,21-18-,28-25-,30-26-,31-27-,40-37-,41-38-,50-47-. The van der Waals surface area contributed by atoms with E-state index in [9.17, 15) is 34.5 Å². The van der Waals surface area contributed by atoms with Gasteiger partial charge in [0, 0.05) is 12.8 Å². The smallest absolute Gasteiger partial charge is 0.335 e. The van der Waals surface area contributed by atoms with Crippen molar-refractivity contribution in [3.8, 4) is 0 Å². The fourth-order valence-electron chi connectivity index (χ4n) is 7.62. The number of rotatable bonds is 46. The molecule has 1 rings (SSSR count). The molecule has 12 heteroatoms. The maximum atomic E-state index is 13.1. The molecule has 6 atom stereocenters. The van der Waals surface area contributed by atoms with E-state index in [1.54, 1.807) is 12.2 Å². The number of ether oxygens (including phenoxy) is 5. The Labute approximate surface area is 463 Å². The molecule has 12 nitrogen and oxygen atoms in total. The summed E-state index contributed by atoms with van der Waals surface area (Å²) < 4.78 is 28.2. The van der Waals surface area contributed by atoms with Crippen LogP contribution < -0.4 is 0 Å². The van der Waals surface area contributed by atoms with Crippen LogP contribution in [0.25, 0.3) is 0 Å². The van der Waals surface area contributed by atoms with E-state index >= 15 is 0 Å². The third-order valence-electron chi connectivity index (χ3n) is 11.9. The molecular formula is C65H98O12. The Bertz CT molecular complexity index is 1890. The third-order valence-corrected chi connectivity index (χ3v) is 11.9. The van der Waals surface area contributed by atoms with Crippen LogP contribution in [0.4, 0.5) is 0 Å². The molecule has 1 saturated heterocycles. The Morgan fingerprint density at radius 1 is 0.442 bits per heavy atom. The number of carboxylic acids is 1. The number of carboxylic acid groups (broad SMARTS) is 1. The van der Waals surface area contributed by atoms with Gasteiger partial charge >= 0.3 is 23.9 Å². The van der Waals surface area contributed by atoms with Gasteiger partial charge in [-0.2, -0.15) is 0 Å². The van der Waals surface area contributed by atoms with Crippen molar-refractivity contribution in [2.75, 3.05) is 13.2 Å². The van der Waals surface area contributed by atoms with Gasteiger partial charge < -0.3 is 39.0 Å². The molecule has 0 bridgehead atoms. The van der Waals surface area contributed by atoms with Crippen molar-refractivity contribution in [3.05, 3.63) is 146 Å². The molecule has 6 unspecified atom stereocenters. The quantitative estimate of drug-likeness (QED) is 0.0228. The van der Waals surface area contributed by atoms with Gasteiger partial charge in [-0.25, -0.2) is 4.79 Å². The first-order valence-electron chi connectivity index (χ1n) is 28.8. The number of hydrogen-bond acceptors (Lipinski definition) is 11. The minimum atomic E-state index is -1.95. The lowest BCUT2D eigenvalue weighted by atomic mass is 9.98. The normalized spacial score (nSPS) is 19.1. The van der Waals surface area contributed by atoms with Gasteiger partial charge in [0.1, 0.15) is 18.8 Å². The number of carbonyl (C=O) groups is 4. The van der Waals surface area contributed by atoms with E-state index in [1.807, 2.05) is 12.2 Å². The van der Waals surface area contributed by atoms with E-state index in [0.29, 0.717) is 19.3 Å². The summed E-state index contributed by atoms with van der Waals surface area (Å²) in [5.41, 5.74) is 0. The predicted octanol–water partition coefficient (Wildman–Crippen LogP) is 14.8. The van der Waals surface area contributed by atoms with Gasteiger partial charge in [0.2, 0.25) is 0 Å². The number of aliphatic hydroxyl groups excluding tert-OH is 2. The summed E-state index contributed by atoms with van der Waals surface area (Å²) in [7, 11) is 0. The van der Waals surface area contributed by atoms with Gasteiger partial charge in [-0.1, -0.05) is 199 Å². The minimum Gasteiger partial charge on any atom is -0.479 e. The summed E-state index contributed by atoms with van der Waals surface area (Å²) >= 11 is 0. The molecule has 1 aliphatic rings. The van der Waals surface area contributed by atoms with Crippen molar-refractivity contribution in [1.29, 1.82) is 0 Å². The monoisotopic (exact) mass is 1070 g/mol. The summed E-state index contributed by atoms with van der Waals surface area (Å²) in [4.78, 5) is 51.0. The first-order valence-corrected chi connectivity index (χ1v) is 28.8. The van der Waals surface area contributed by atoms with Crippen molar-refractivity contribution < 1.29 is 58.2 Å².